The average Bonchev–Trinajstić information content (AvgIpc) is 2.47. The van der Waals surface area contributed by atoms with Crippen molar-refractivity contribution in [2.45, 2.75) is 54.9 Å². The Hall–Kier alpha value is -10.0. The molecule has 0 N–H and O–H groups in total. The van der Waals surface area contributed by atoms with Crippen LogP contribution >= 0.6 is 0 Å². The first-order chi connectivity index (χ1) is 40.5. The molecular formula is C77H60N6. The highest BCUT2D eigenvalue weighted by molar-refractivity contribution is 6.15. The van der Waals surface area contributed by atoms with Crippen LogP contribution in [0.1, 0.15) is 57.1 Å². The molecule has 1 aliphatic rings. The monoisotopic (exact) mass is 1070 g/mol. The maximum absolute atomic E-state index is 6.58. The van der Waals surface area contributed by atoms with E-state index in [1.165, 1.54) is 105 Å². The van der Waals surface area contributed by atoms with E-state index in [1.807, 2.05) is 6.20 Å². The second-order valence-corrected chi connectivity index (χ2v) is 23.6. The molecule has 0 amide bonds. The molecule has 1 atom stereocenters. The van der Waals surface area contributed by atoms with E-state index >= 15 is 0 Å². The number of hydrogen-bond acceptors (Lipinski definition) is 2. The predicted octanol–water partition coefficient (Wildman–Crippen LogP) is 19.6. The number of aryl methyl sites for hydroxylation is 6. The minimum atomic E-state index is 0.189. The lowest BCUT2D eigenvalue weighted by molar-refractivity contribution is 0.704. The quantitative estimate of drug-likeness (QED) is 0.160. The van der Waals surface area contributed by atoms with Crippen LogP contribution in [0.3, 0.4) is 0 Å². The number of aromatic nitrogens is 6. The summed E-state index contributed by atoms with van der Waals surface area (Å²) >= 11 is 0. The Kier molecular flexibility index (Phi) is 10.9. The number of pyridine rings is 2. The molecule has 6 heterocycles. The highest BCUT2D eigenvalue weighted by atomic mass is 15.2. The number of benzene rings is 9. The maximum Gasteiger partial charge on any atom is 0.165 e. The third-order valence-corrected chi connectivity index (χ3v) is 17.8. The van der Waals surface area contributed by atoms with Crippen LogP contribution in [-0.4, -0.2) is 28.2 Å². The molecule has 0 saturated carbocycles. The Balaban J connectivity index is 1.19. The van der Waals surface area contributed by atoms with Crippen molar-refractivity contribution in [1.29, 1.82) is 0 Å². The van der Waals surface area contributed by atoms with E-state index in [0.717, 1.165) is 79.2 Å². The fourth-order valence-corrected chi connectivity index (χ4v) is 14.0. The second-order valence-electron chi connectivity index (χ2n) is 23.6. The summed E-state index contributed by atoms with van der Waals surface area (Å²) in [6.07, 6.45) is 7.26. The van der Waals surface area contributed by atoms with Gasteiger partial charge in [0.05, 0.1) is 38.6 Å². The normalized spacial score (nSPS) is 13.6. The molecule has 1 unspecified atom stereocenters. The van der Waals surface area contributed by atoms with Gasteiger partial charge in [-0.3, -0.25) is 14.1 Å². The van der Waals surface area contributed by atoms with Crippen molar-refractivity contribution >= 4 is 88.0 Å². The standard InChI is InChI=1S/C77H60N6/c1-45-20-27-65-57(35-45)58-36-46(2)21-28-66(58)80(65)74-73(55-19-14-34-78-44-55)75(81-67-29-22-47(3)37-59(67)60-38-48(4)23-30-68(60)81)77(79-76(74)82-69-31-24-49(5)39-61(69)62-40-50(6)25-32-70(62)82)83-71-33-26-54(52-15-10-8-11-16-52)42-63(71)64-43-56(51(7)41-72(64)83)53-17-12-9-13-18-53/h8-40,42-44,51H,41H2,1-7H3. The topological polar surface area (TPSA) is 45.5 Å². The molecule has 0 aliphatic heterocycles. The molecule has 6 heteroatoms. The Morgan fingerprint density at radius 2 is 0.759 bits per heavy atom. The summed E-state index contributed by atoms with van der Waals surface area (Å²) in [6.45, 7) is 15.6. The van der Waals surface area contributed by atoms with Crippen LogP contribution < -0.4 is 0 Å². The number of hydrogen-bond donors (Lipinski definition) is 0. The summed E-state index contributed by atoms with van der Waals surface area (Å²) in [5, 5.41) is 8.36. The Morgan fingerprint density at radius 1 is 0.361 bits per heavy atom. The van der Waals surface area contributed by atoms with Gasteiger partial charge >= 0.3 is 0 Å². The van der Waals surface area contributed by atoms with Crippen LogP contribution in [0.5, 0.6) is 0 Å². The smallest absolute Gasteiger partial charge is 0.165 e. The van der Waals surface area contributed by atoms with E-state index in [4.69, 9.17) is 9.97 Å². The second kappa shape index (κ2) is 18.5. The van der Waals surface area contributed by atoms with Gasteiger partial charge in [0.25, 0.3) is 0 Å². The van der Waals surface area contributed by atoms with Crippen LogP contribution in [-0.2, 0) is 6.42 Å². The van der Waals surface area contributed by atoms with Crippen molar-refractivity contribution in [1.82, 2.24) is 28.2 Å². The summed E-state index contributed by atoms with van der Waals surface area (Å²) in [6, 6.07) is 75.0. The van der Waals surface area contributed by atoms with Crippen molar-refractivity contribution in [3.8, 4) is 45.3 Å². The molecule has 83 heavy (non-hydrogen) atoms. The van der Waals surface area contributed by atoms with Crippen molar-refractivity contribution in [2.24, 2.45) is 5.92 Å². The first-order valence-corrected chi connectivity index (χ1v) is 29.1. The number of rotatable bonds is 7. The Labute approximate surface area is 482 Å². The lowest BCUT2D eigenvalue weighted by Crippen LogP contribution is -2.18. The first kappa shape index (κ1) is 48.8. The average molecular weight is 1070 g/mol. The molecule has 0 fully saturated rings. The van der Waals surface area contributed by atoms with Gasteiger partial charge in [0.15, 0.2) is 11.6 Å². The lowest BCUT2D eigenvalue weighted by Gasteiger charge is -2.28. The Bertz CT molecular complexity index is 5060. The van der Waals surface area contributed by atoms with Crippen LogP contribution in [0.2, 0.25) is 0 Å². The van der Waals surface area contributed by atoms with Gasteiger partial charge in [-0.15, -0.1) is 0 Å². The molecule has 6 aromatic heterocycles. The van der Waals surface area contributed by atoms with Gasteiger partial charge in [-0.05, 0) is 173 Å². The van der Waals surface area contributed by atoms with Crippen LogP contribution in [0, 0.1) is 47.5 Å². The van der Waals surface area contributed by atoms with Crippen LogP contribution in [0.25, 0.3) is 133 Å². The molecule has 9 aromatic carbocycles. The summed E-state index contributed by atoms with van der Waals surface area (Å²) in [7, 11) is 0. The summed E-state index contributed by atoms with van der Waals surface area (Å²) in [5.74, 6) is 1.85. The number of allylic oxidation sites excluding steroid dienone is 1. The van der Waals surface area contributed by atoms with Crippen molar-refractivity contribution in [3.05, 3.63) is 263 Å². The lowest BCUT2D eigenvalue weighted by atomic mass is 9.83. The predicted molar refractivity (Wildman–Crippen MR) is 348 cm³/mol. The fourth-order valence-electron chi connectivity index (χ4n) is 14.0. The molecular weight excluding hydrogens is 1010 g/mol. The van der Waals surface area contributed by atoms with Crippen molar-refractivity contribution in [3.63, 3.8) is 0 Å². The first-order valence-electron chi connectivity index (χ1n) is 29.1. The zero-order chi connectivity index (χ0) is 55.9. The summed E-state index contributed by atoms with van der Waals surface area (Å²) in [5.41, 5.74) is 26.3. The molecule has 0 radical (unpaired) electrons. The van der Waals surface area contributed by atoms with Gasteiger partial charge in [-0.1, -0.05) is 149 Å². The highest BCUT2D eigenvalue weighted by Gasteiger charge is 2.35. The summed E-state index contributed by atoms with van der Waals surface area (Å²) < 4.78 is 10.1. The highest BCUT2D eigenvalue weighted by Crippen LogP contribution is 2.50. The molecule has 15 aromatic rings. The van der Waals surface area contributed by atoms with Gasteiger partial charge < -0.3 is 9.13 Å². The zero-order valence-electron chi connectivity index (χ0n) is 47.8. The fraction of sp³-hybridized carbons (Fsp3) is 0.117. The molecule has 0 bridgehead atoms. The van der Waals surface area contributed by atoms with E-state index in [9.17, 15) is 0 Å². The van der Waals surface area contributed by atoms with Crippen molar-refractivity contribution < 1.29 is 0 Å². The summed E-state index contributed by atoms with van der Waals surface area (Å²) in [4.78, 5) is 11.6. The van der Waals surface area contributed by atoms with Crippen LogP contribution in [0.15, 0.2) is 213 Å². The number of fused-ring (bicyclic) bond motifs is 12. The van der Waals surface area contributed by atoms with E-state index < -0.39 is 0 Å². The number of nitrogens with zero attached hydrogens (tertiary/aromatic N) is 6. The van der Waals surface area contributed by atoms with E-state index in [-0.39, 0.29) is 5.92 Å². The Morgan fingerprint density at radius 3 is 1.20 bits per heavy atom. The van der Waals surface area contributed by atoms with E-state index in [2.05, 4.69) is 279 Å². The van der Waals surface area contributed by atoms with Crippen molar-refractivity contribution in [2.75, 3.05) is 0 Å². The third-order valence-electron chi connectivity index (χ3n) is 17.8. The molecule has 1 aliphatic carbocycles. The van der Waals surface area contributed by atoms with Gasteiger partial charge in [-0.2, -0.15) is 0 Å². The maximum atomic E-state index is 6.58. The van der Waals surface area contributed by atoms with Crippen LogP contribution in [0.4, 0.5) is 0 Å². The molecule has 16 rings (SSSR count). The zero-order valence-corrected chi connectivity index (χ0v) is 47.8. The minimum Gasteiger partial charge on any atom is -0.305 e. The third kappa shape index (κ3) is 7.48. The van der Waals surface area contributed by atoms with Gasteiger partial charge in [0.1, 0.15) is 11.4 Å². The van der Waals surface area contributed by atoms with Gasteiger partial charge in [-0.25, -0.2) is 4.98 Å². The minimum absolute atomic E-state index is 0.189. The van der Waals surface area contributed by atoms with Gasteiger partial charge in [0.2, 0.25) is 0 Å². The van der Waals surface area contributed by atoms with Gasteiger partial charge in [0, 0.05) is 72.5 Å². The molecule has 6 nitrogen and oxygen atoms in total. The molecule has 0 spiro atoms. The van der Waals surface area contributed by atoms with E-state index in [1.54, 1.807) is 0 Å². The van der Waals surface area contributed by atoms with E-state index in [0.29, 0.717) is 0 Å². The largest absolute Gasteiger partial charge is 0.305 e. The molecule has 0 saturated heterocycles. The SMILES string of the molecule is Cc1ccc2c(c1)c1cc(C)ccc1n2-c1nc(-n2c3c(c4cc(-c5ccccc5)ccc42)C=C(c2ccccc2)C(C)C3)c(-n2c3ccc(C)cc3c3cc(C)ccc32)c(-c2cccnc2)c1-n1c2ccc(C)cc2c2cc(C)ccc21. The molecule has 398 valence electrons.